The van der Waals surface area contributed by atoms with Crippen molar-refractivity contribution in [3.63, 3.8) is 0 Å². The van der Waals surface area contributed by atoms with Gasteiger partial charge in [-0.15, -0.1) is 0 Å². The van der Waals surface area contributed by atoms with Crippen LogP contribution in [-0.2, 0) is 20.9 Å². The minimum Gasteiger partial charge on any atom is -0.444 e. The number of piperidine rings is 1. The van der Waals surface area contributed by atoms with Gasteiger partial charge in [-0.25, -0.2) is 4.79 Å². The summed E-state index contributed by atoms with van der Waals surface area (Å²) < 4.78 is 5.66. The van der Waals surface area contributed by atoms with E-state index >= 15 is 0 Å². The van der Waals surface area contributed by atoms with E-state index in [1.165, 1.54) is 4.90 Å². The molecule has 1 aliphatic carbocycles. The van der Waals surface area contributed by atoms with Crippen molar-refractivity contribution in [3.8, 4) is 11.8 Å². The molecule has 39 heavy (non-hydrogen) atoms. The molecule has 1 aromatic carbocycles. The van der Waals surface area contributed by atoms with E-state index in [2.05, 4.69) is 27.2 Å². The van der Waals surface area contributed by atoms with E-state index in [0.717, 1.165) is 18.4 Å². The number of amides is 4. The molecule has 4 amide bonds. The third-order valence-electron chi connectivity index (χ3n) is 7.23. The van der Waals surface area contributed by atoms with E-state index in [1.807, 2.05) is 26.8 Å². The van der Waals surface area contributed by atoms with Crippen LogP contribution < -0.4 is 5.32 Å². The summed E-state index contributed by atoms with van der Waals surface area (Å²) in [7, 11) is 0. The maximum atomic E-state index is 13.1. The Morgan fingerprint density at radius 1 is 1.21 bits per heavy atom. The van der Waals surface area contributed by atoms with Crippen LogP contribution in [0.25, 0.3) is 10.4 Å². The van der Waals surface area contributed by atoms with Gasteiger partial charge >= 0.3 is 6.09 Å². The molecule has 1 unspecified atom stereocenters. The van der Waals surface area contributed by atoms with E-state index in [0.29, 0.717) is 43.4 Å². The molecule has 2 fully saturated rings. The highest BCUT2D eigenvalue weighted by Crippen LogP contribution is 2.30. The van der Waals surface area contributed by atoms with Gasteiger partial charge in [0.05, 0.1) is 0 Å². The predicted octanol–water partition coefficient (Wildman–Crippen LogP) is 4.05. The van der Waals surface area contributed by atoms with Gasteiger partial charge in [0.2, 0.25) is 11.8 Å². The molecule has 206 valence electrons. The molecule has 11 nitrogen and oxygen atoms in total. The van der Waals surface area contributed by atoms with Gasteiger partial charge < -0.3 is 14.5 Å². The quantitative estimate of drug-likeness (QED) is 0.199. The van der Waals surface area contributed by atoms with Crippen molar-refractivity contribution >= 4 is 23.8 Å². The Morgan fingerprint density at radius 2 is 1.95 bits per heavy atom. The van der Waals surface area contributed by atoms with Crippen LogP contribution in [0.15, 0.2) is 23.3 Å². The number of nitrogens with one attached hydrogen (secondary N) is 1. The van der Waals surface area contributed by atoms with E-state index in [9.17, 15) is 19.2 Å². The van der Waals surface area contributed by atoms with Gasteiger partial charge in [0, 0.05) is 54.1 Å². The predicted molar refractivity (Wildman–Crippen MR) is 142 cm³/mol. The summed E-state index contributed by atoms with van der Waals surface area (Å²) in [6.07, 6.45) is 3.40. The SMILES string of the molecule is CC(C)(C)OC(=O)N(CCC#Cc1cccc2c1CN(C1CCC(=O)NC1=O)C2=O)C1CCC(N=[N+]=[N-])CC1. The number of benzene rings is 1. The maximum absolute atomic E-state index is 13.1. The van der Waals surface area contributed by atoms with E-state index in [-0.39, 0.29) is 43.0 Å². The molecule has 0 radical (unpaired) electrons. The van der Waals surface area contributed by atoms with Crippen LogP contribution in [0.2, 0.25) is 0 Å². The Hall–Kier alpha value is -4.03. The fourth-order valence-electron chi connectivity index (χ4n) is 5.34. The molecule has 1 N–H and O–H groups in total. The molecule has 1 aromatic rings. The first-order valence-corrected chi connectivity index (χ1v) is 13.4. The fraction of sp³-hybridized carbons (Fsp3) is 0.571. The van der Waals surface area contributed by atoms with Crippen LogP contribution in [0, 0.1) is 11.8 Å². The smallest absolute Gasteiger partial charge is 0.410 e. The van der Waals surface area contributed by atoms with Crippen LogP contribution in [0.4, 0.5) is 4.79 Å². The third-order valence-corrected chi connectivity index (χ3v) is 7.23. The van der Waals surface area contributed by atoms with Crippen molar-refractivity contribution in [1.29, 1.82) is 0 Å². The first-order chi connectivity index (χ1) is 18.6. The highest BCUT2D eigenvalue weighted by Gasteiger charge is 2.39. The van der Waals surface area contributed by atoms with Crippen LogP contribution >= 0.6 is 0 Å². The Labute approximate surface area is 227 Å². The van der Waals surface area contributed by atoms with Gasteiger partial charge in [-0.2, -0.15) is 0 Å². The number of carbonyl (C=O) groups is 4. The number of ether oxygens (including phenoxy) is 1. The molecule has 0 bridgehead atoms. The zero-order valence-electron chi connectivity index (χ0n) is 22.6. The zero-order chi connectivity index (χ0) is 28.2. The van der Waals surface area contributed by atoms with Crippen molar-refractivity contribution < 1.29 is 23.9 Å². The van der Waals surface area contributed by atoms with Crippen molar-refractivity contribution in [1.82, 2.24) is 15.1 Å². The number of rotatable bonds is 5. The van der Waals surface area contributed by atoms with Gasteiger partial charge in [-0.05, 0) is 76.1 Å². The number of hydrogen-bond donors (Lipinski definition) is 1. The molecule has 1 atom stereocenters. The Morgan fingerprint density at radius 3 is 2.62 bits per heavy atom. The molecular weight excluding hydrogens is 500 g/mol. The molecule has 0 spiro atoms. The van der Waals surface area contributed by atoms with Crippen LogP contribution in [0.3, 0.4) is 0 Å². The molecule has 2 aliphatic heterocycles. The number of azide groups is 1. The van der Waals surface area contributed by atoms with Crippen LogP contribution in [0.1, 0.15) is 87.2 Å². The molecule has 1 saturated carbocycles. The summed E-state index contributed by atoms with van der Waals surface area (Å²) in [5.74, 6) is 5.30. The first kappa shape index (κ1) is 28.0. The Kier molecular flexibility index (Phi) is 8.46. The van der Waals surface area contributed by atoms with Gasteiger partial charge in [0.15, 0.2) is 0 Å². The number of fused-ring (bicyclic) bond motifs is 1. The second-order valence-electron chi connectivity index (χ2n) is 11.1. The first-order valence-electron chi connectivity index (χ1n) is 13.4. The maximum Gasteiger partial charge on any atom is 0.410 e. The van der Waals surface area contributed by atoms with E-state index < -0.39 is 17.6 Å². The highest BCUT2D eigenvalue weighted by atomic mass is 16.6. The summed E-state index contributed by atoms with van der Waals surface area (Å²) in [6.45, 7) is 6.13. The minimum absolute atomic E-state index is 0.0209. The molecule has 1 saturated heterocycles. The number of imide groups is 1. The lowest BCUT2D eigenvalue weighted by atomic mass is 9.90. The van der Waals surface area contributed by atoms with Gasteiger partial charge in [0.1, 0.15) is 11.6 Å². The van der Waals surface area contributed by atoms with Crippen molar-refractivity contribution in [2.24, 2.45) is 5.11 Å². The van der Waals surface area contributed by atoms with Gasteiger partial charge in [-0.3, -0.25) is 19.7 Å². The van der Waals surface area contributed by atoms with Gasteiger partial charge in [-0.1, -0.05) is 23.0 Å². The second kappa shape index (κ2) is 11.8. The molecule has 4 rings (SSSR count). The second-order valence-corrected chi connectivity index (χ2v) is 11.1. The molecule has 3 aliphatic rings. The van der Waals surface area contributed by atoms with Crippen LogP contribution in [0.5, 0.6) is 0 Å². The minimum atomic E-state index is -0.681. The number of hydrogen-bond acceptors (Lipinski definition) is 6. The standard InChI is InChI=1S/C28H34N6O5/c1-28(2,3)39-27(38)33(20-12-10-19(11-13-20)31-32-29)16-5-4-7-18-8-6-9-21-22(18)17-34(26(21)37)23-14-15-24(35)30-25(23)36/h6,8-9,19-20,23H,5,10-17H2,1-3H3,(H,30,35,36). The zero-order valence-corrected chi connectivity index (χ0v) is 22.6. The fourth-order valence-corrected chi connectivity index (χ4v) is 5.34. The number of carbonyl (C=O) groups excluding carboxylic acids is 4. The van der Waals surface area contributed by atoms with Crippen molar-refractivity contribution in [3.05, 3.63) is 45.3 Å². The lowest BCUT2D eigenvalue weighted by molar-refractivity contribution is -0.136. The lowest BCUT2D eigenvalue weighted by Gasteiger charge is -2.36. The summed E-state index contributed by atoms with van der Waals surface area (Å²) in [4.78, 5) is 56.1. The van der Waals surface area contributed by atoms with Crippen molar-refractivity contribution in [2.75, 3.05) is 6.54 Å². The Bertz CT molecular complexity index is 1260. The average molecular weight is 535 g/mol. The molecule has 2 heterocycles. The number of nitrogens with zero attached hydrogens (tertiary/aromatic N) is 5. The van der Waals surface area contributed by atoms with E-state index in [1.54, 1.807) is 17.0 Å². The summed E-state index contributed by atoms with van der Waals surface area (Å²) >= 11 is 0. The monoisotopic (exact) mass is 534 g/mol. The molecule has 11 heteroatoms. The van der Waals surface area contributed by atoms with Crippen LogP contribution in [-0.4, -0.2) is 63.9 Å². The molecule has 0 aromatic heterocycles. The summed E-state index contributed by atoms with van der Waals surface area (Å²) in [6, 6.07) is 4.59. The highest BCUT2D eigenvalue weighted by molar-refractivity contribution is 6.05. The van der Waals surface area contributed by atoms with Gasteiger partial charge in [0.25, 0.3) is 5.91 Å². The molecular formula is C28H34N6O5. The average Bonchev–Trinajstić information content (AvgIpc) is 3.20. The topological polar surface area (TPSA) is 145 Å². The normalized spacial score (nSPS) is 22.7. The largest absolute Gasteiger partial charge is 0.444 e. The summed E-state index contributed by atoms with van der Waals surface area (Å²) in [5.41, 5.74) is 10.1. The third kappa shape index (κ3) is 6.70. The lowest BCUT2D eigenvalue weighted by Crippen LogP contribution is -2.52. The Balaban J connectivity index is 1.45. The van der Waals surface area contributed by atoms with E-state index in [4.69, 9.17) is 10.3 Å². The summed E-state index contributed by atoms with van der Waals surface area (Å²) in [5, 5.41) is 6.14. The van der Waals surface area contributed by atoms with Crippen molar-refractivity contribution in [2.45, 2.75) is 96.0 Å².